The SMILES string of the molecule is Cc1ccc(OCC(=O)Nc2ccccc2C(=O)N[C@@H](C)c2ccccc2)cc1C. The zero-order chi connectivity index (χ0) is 21.5. The molecular weight excluding hydrogens is 376 g/mol. The van der Waals surface area contributed by atoms with E-state index in [1.165, 1.54) is 0 Å². The molecule has 0 saturated carbocycles. The van der Waals surface area contributed by atoms with Crippen molar-refractivity contribution < 1.29 is 14.3 Å². The molecule has 0 radical (unpaired) electrons. The molecular formula is C25H26N2O3. The van der Waals surface area contributed by atoms with Gasteiger partial charge in [0.05, 0.1) is 17.3 Å². The molecule has 0 heterocycles. The van der Waals surface area contributed by atoms with Crippen LogP contribution in [-0.2, 0) is 4.79 Å². The predicted octanol–water partition coefficient (Wildman–Crippen LogP) is 4.81. The Morgan fingerprint density at radius 3 is 2.33 bits per heavy atom. The van der Waals surface area contributed by atoms with Crippen LogP contribution in [0.3, 0.4) is 0 Å². The maximum Gasteiger partial charge on any atom is 0.262 e. The van der Waals surface area contributed by atoms with Gasteiger partial charge >= 0.3 is 0 Å². The molecule has 154 valence electrons. The number of hydrogen-bond acceptors (Lipinski definition) is 3. The number of ether oxygens (including phenoxy) is 1. The van der Waals surface area contributed by atoms with Gasteiger partial charge in [0.1, 0.15) is 5.75 Å². The number of anilines is 1. The number of nitrogens with one attached hydrogen (secondary N) is 2. The van der Waals surface area contributed by atoms with Gasteiger partial charge in [0.2, 0.25) is 0 Å². The van der Waals surface area contributed by atoms with E-state index in [0.29, 0.717) is 17.0 Å². The van der Waals surface area contributed by atoms with E-state index in [-0.39, 0.29) is 24.5 Å². The molecule has 0 aromatic heterocycles. The van der Waals surface area contributed by atoms with Gasteiger partial charge in [-0.15, -0.1) is 0 Å². The maximum absolute atomic E-state index is 12.8. The topological polar surface area (TPSA) is 67.4 Å². The smallest absolute Gasteiger partial charge is 0.262 e. The van der Waals surface area contributed by atoms with Crippen molar-refractivity contribution in [3.05, 3.63) is 95.1 Å². The van der Waals surface area contributed by atoms with Crippen LogP contribution in [0, 0.1) is 13.8 Å². The van der Waals surface area contributed by atoms with E-state index in [1.54, 1.807) is 24.3 Å². The maximum atomic E-state index is 12.8. The van der Waals surface area contributed by atoms with Crippen LogP contribution in [0.2, 0.25) is 0 Å². The molecule has 0 saturated heterocycles. The molecule has 3 aromatic rings. The Bertz CT molecular complexity index is 1030. The third kappa shape index (κ3) is 5.47. The monoisotopic (exact) mass is 402 g/mol. The molecule has 2 amide bonds. The zero-order valence-electron chi connectivity index (χ0n) is 17.4. The molecule has 0 unspecified atom stereocenters. The third-order valence-electron chi connectivity index (χ3n) is 4.94. The van der Waals surface area contributed by atoms with Crippen LogP contribution in [0.1, 0.15) is 40.0 Å². The fraction of sp³-hybridized carbons (Fsp3) is 0.200. The standard InChI is InChI=1S/C25H26N2O3/c1-17-13-14-21(15-18(17)2)30-16-24(28)27-23-12-8-7-11-22(23)25(29)26-19(3)20-9-5-4-6-10-20/h4-15,19H,16H2,1-3H3,(H,26,29)(H,27,28)/t19-/m0/s1. The summed E-state index contributed by atoms with van der Waals surface area (Å²) >= 11 is 0. The highest BCUT2D eigenvalue weighted by atomic mass is 16.5. The van der Waals surface area contributed by atoms with Gasteiger partial charge in [0.15, 0.2) is 6.61 Å². The van der Waals surface area contributed by atoms with Crippen LogP contribution in [0.25, 0.3) is 0 Å². The number of benzene rings is 3. The van der Waals surface area contributed by atoms with Crippen molar-refractivity contribution in [3.8, 4) is 5.75 Å². The lowest BCUT2D eigenvalue weighted by atomic mass is 10.1. The van der Waals surface area contributed by atoms with Gasteiger partial charge in [-0.25, -0.2) is 0 Å². The average Bonchev–Trinajstić information content (AvgIpc) is 2.75. The first kappa shape index (κ1) is 21.1. The van der Waals surface area contributed by atoms with Gasteiger partial charge in [0, 0.05) is 0 Å². The molecule has 0 bridgehead atoms. The third-order valence-corrected chi connectivity index (χ3v) is 4.94. The Kier molecular flexibility index (Phi) is 6.86. The molecule has 0 spiro atoms. The lowest BCUT2D eigenvalue weighted by molar-refractivity contribution is -0.118. The van der Waals surface area contributed by atoms with Crippen LogP contribution in [0.15, 0.2) is 72.8 Å². The van der Waals surface area contributed by atoms with Crippen LogP contribution in [0.5, 0.6) is 5.75 Å². The summed E-state index contributed by atoms with van der Waals surface area (Å²) in [5.41, 5.74) is 4.12. The second kappa shape index (κ2) is 9.74. The number of para-hydroxylation sites is 1. The highest BCUT2D eigenvalue weighted by Gasteiger charge is 2.16. The van der Waals surface area contributed by atoms with Gasteiger partial charge in [-0.1, -0.05) is 48.5 Å². The van der Waals surface area contributed by atoms with Gasteiger partial charge in [-0.3, -0.25) is 9.59 Å². The van der Waals surface area contributed by atoms with E-state index in [1.807, 2.05) is 69.3 Å². The highest BCUT2D eigenvalue weighted by molar-refractivity contribution is 6.04. The molecule has 1 atom stereocenters. The summed E-state index contributed by atoms with van der Waals surface area (Å²) in [6.07, 6.45) is 0. The second-order valence-corrected chi connectivity index (χ2v) is 7.23. The number of rotatable bonds is 7. The number of hydrogen-bond donors (Lipinski definition) is 2. The van der Waals surface area contributed by atoms with Gasteiger partial charge in [-0.05, 0) is 61.7 Å². The number of carbonyl (C=O) groups excluding carboxylic acids is 2. The van der Waals surface area contributed by atoms with E-state index in [4.69, 9.17) is 4.74 Å². The van der Waals surface area contributed by atoms with E-state index >= 15 is 0 Å². The Morgan fingerprint density at radius 2 is 1.60 bits per heavy atom. The Hall–Kier alpha value is -3.60. The number of aryl methyl sites for hydroxylation is 2. The van der Waals surface area contributed by atoms with Crippen LogP contribution >= 0.6 is 0 Å². The average molecular weight is 402 g/mol. The fourth-order valence-corrected chi connectivity index (χ4v) is 3.03. The fourth-order valence-electron chi connectivity index (χ4n) is 3.03. The summed E-state index contributed by atoms with van der Waals surface area (Å²) in [5.74, 6) is 0.0536. The van der Waals surface area contributed by atoms with Crippen molar-refractivity contribution in [2.45, 2.75) is 26.8 Å². The summed E-state index contributed by atoms with van der Waals surface area (Å²) in [6, 6.07) is 22.2. The first-order valence-electron chi connectivity index (χ1n) is 9.89. The van der Waals surface area contributed by atoms with Gasteiger partial charge in [0.25, 0.3) is 11.8 Å². The van der Waals surface area contributed by atoms with Crippen LogP contribution in [-0.4, -0.2) is 18.4 Å². The lowest BCUT2D eigenvalue weighted by Crippen LogP contribution is -2.28. The first-order valence-corrected chi connectivity index (χ1v) is 9.89. The highest BCUT2D eigenvalue weighted by Crippen LogP contribution is 2.19. The molecule has 5 nitrogen and oxygen atoms in total. The van der Waals surface area contributed by atoms with Crippen molar-refractivity contribution in [2.75, 3.05) is 11.9 Å². The summed E-state index contributed by atoms with van der Waals surface area (Å²) in [6.45, 7) is 5.80. The van der Waals surface area contributed by atoms with E-state index < -0.39 is 0 Å². The largest absolute Gasteiger partial charge is 0.484 e. The number of carbonyl (C=O) groups is 2. The van der Waals surface area contributed by atoms with E-state index in [9.17, 15) is 9.59 Å². The number of amides is 2. The lowest BCUT2D eigenvalue weighted by Gasteiger charge is -2.16. The minimum absolute atomic E-state index is 0.140. The second-order valence-electron chi connectivity index (χ2n) is 7.23. The zero-order valence-corrected chi connectivity index (χ0v) is 17.4. The Labute approximate surface area is 177 Å². The Morgan fingerprint density at radius 1 is 0.900 bits per heavy atom. The molecule has 30 heavy (non-hydrogen) atoms. The molecule has 0 aliphatic rings. The minimum atomic E-state index is -0.329. The normalized spacial score (nSPS) is 11.4. The molecule has 0 aliphatic heterocycles. The van der Waals surface area contributed by atoms with Crippen LogP contribution < -0.4 is 15.4 Å². The van der Waals surface area contributed by atoms with Crippen molar-refractivity contribution in [2.24, 2.45) is 0 Å². The first-order chi connectivity index (χ1) is 14.4. The van der Waals surface area contributed by atoms with Crippen molar-refractivity contribution in [1.29, 1.82) is 0 Å². The Balaban J connectivity index is 1.63. The van der Waals surface area contributed by atoms with E-state index in [0.717, 1.165) is 16.7 Å². The quantitative estimate of drug-likeness (QED) is 0.596. The summed E-state index contributed by atoms with van der Waals surface area (Å²) in [4.78, 5) is 25.2. The molecule has 3 aromatic carbocycles. The van der Waals surface area contributed by atoms with Crippen molar-refractivity contribution in [1.82, 2.24) is 5.32 Å². The minimum Gasteiger partial charge on any atom is -0.484 e. The molecule has 3 rings (SSSR count). The predicted molar refractivity (Wildman–Crippen MR) is 119 cm³/mol. The van der Waals surface area contributed by atoms with E-state index in [2.05, 4.69) is 10.6 Å². The van der Waals surface area contributed by atoms with Crippen LogP contribution in [0.4, 0.5) is 5.69 Å². The molecule has 2 N–H and O–H groups in total. The van der Waals surface area contributed by atoms with Crippen molar-refractivity contribution >= 4 is 17.5 Å². The van der Waals surface area contributed by atoms with Gasteiger partial charge in [-0.2, -0.15) is 0 Å². The molecule has 0 fully saturated rings. The summed E-state index contributed by atoms with van der Waals surface area (Å²) in [7, 11) is 0. The molecule has 0 aliphatic carbocycles. The summed E-state index contributed by atoms with van der Waals surface area (Å²) < 4.78 is 5.59. The van der Waals surface area contributed by atoms with Gasteiger partial charge < -0.3 is 15.4 Å². The van der Waals surface area contributed by atoms with Crippen molar-refractivity contribution in [3.63, 3.8) is 0 Å². The summed E-state index contributed by atoms with van der Waals surface area (Å²) in [5, 5.41) is 5.75. The molecule has 5 heteroatoms.